The van der Waals surface area contributed by atoms with Crippen molar-refractivity contribution in [1.82, 2.24) is 19.5 Å². The average molecular weight is 473 g/mol. The van der Waals surface area contributed by atoms with Crippen molar-refractivity contribution in [2.45, 2.75) is 38.2 Å². The van der Waals surface area contributed by atoms with Crippen LogP contribution in [0, 0.1) is 0 Å². The van der Waals surface area contributed by atoms with Gasteiger partial charge in [-0.15, -0.1) is 0 Å². The number of amides is 1. The maximum atomic E-state index is 13.1. The molecule has 1 saturated heterocycles. The zero-order valence-corrected chi connectivity index (χ0v) is 19.0. The lowest BCUT2D eigenvalue weighted by molar-refractivity contribution is -0.116. The van der Waals surface area contributed by atoms with Crippen molar-refractivity contribution in [2.75, 3.05) is 17.2 Å². The summed E-state index contributed by atoms with van der Waals surface area (Å²) in [6, 6.07) is 14.2. The average Bonchev–Trinajstić information content (AvgIpc) is 3.51. The van der Waals surface area contributed by atoms with Gasteiger partial charge in [-0.05, 0) is 40.8 Å². The zero-order chi connectivity index (χ0) is 24.3. The minimum Gasteiger partial charge on any atom is -0.394 e. The number of aliphatic hydroxyl groups excluding tert-OH is 2. The van der Waals surface area contributed by atoms with E-state index < -0.39 is 18.4 Å². The second-order valence-electron chi connectivity index (χ2n) is 8.86. The quantitative estimate of drug-likeness (QED) is 0.362. The molecule has 10 nitrogen and oxygen atoms in total. The Bertz CT molecular complexity index is 1470. The van der Waals surface area contributed by atoms with E-state index in [4.69, 9.17) is 10.5 Å². The van der Waals surface area contributed by atoms with Gasteiger partial charge in [0.25, 0.3) is 0 Å². The predicted octanol–water partition coefficient (Wildman–Crippen LogP) is 2.31. The van der Waals surface area contributed by atoms with E-state index in [1.54, 1.807) is 4.57 Å². The molecule has 178 valence electrons. The first kappa shape index (κ1) is 21.7. The van der Waals surface area contributed by atoms with E-state index >= 15 is 0 Å². The fraction of sp³-hybridized carbons (Fsp3) is 0.280. The van der Waals surface area contributed by atoms with Crippen LogP contribution in [-0.2, 0) is 16.0 Å². The lowest BCUT2D eigenvalue weighted by Crippen LogP contribution is -2.28. The van der Waals surface area contributed by atoms with Crippen LogP contribution in [0.25, 0.3) is 22.3 Å². The Kier molecular flexibility index (Phi) is 5.03. The largest absolute Gasteiger partial charge is 0.394 e. The summed E-state index contributed by atoms with van der Waals surface area (Å²) in [6.45, 7) is 1.13. The molecule has 4 aromatic rings. The summed E-state index contributed by atoms with van der Waals surface area (Å²) in [7, 11) is 0. The fourth-order valence-electron chi connectivity index (χ4n) is 5.08. The number of imidazole rings is 1. The Morgan fingerprint density at radius 1 is 1.20 bits per heavy atom. The highest BCUT2D eigenvalue weighted by atomic mass is 16.5. The van der Waals surface area contributed by atoms with Crippen molar-refractivity contribution < 1.29 is 19.7 Å². The SMILES string of the molecule is CC(=O)N(c1ccc2c(c1)Cc1ccccc1-2)c1nc2c(N)ncnc2n1[C@H]1C[C@H](O)[C@@H](CO)O1. The number of rotatable bonds is 4. The Morgan fingerprint density at radius 3 is 2.77 bits per heavy atom. The van der Waals surface area contributed by atoms with E-state index in [1.807, 2.05) is 30.3 Å². The molecule has 1 amide bonds. The summed E-state index contributed by atoms with van der Waals surface area (Å²) in [5, 5.41) is 20.0. The number of fused-ring (bicyclic) bond motifs is 4. The van der Waals surface area contributed by atoms with Gasteiger partial charge in [0.15, 0.2) is 17.0 Å². The van der Waals surface area contributed by atoms with E-state index in [-0.39, 0.29) is 30.7 Å². The summed E-state index contributed by atoms with van der Waals surface area (Å²) in [5.41, 5.74) is 12.1. The van der Waals surface area contributed by atoms with Gasteiger partial charge in [0.05, 0.1) is 18.4 Å². The smallest absolute Gasteiger partial charge is 0.230 e. The predicted molar refractivity (Wildman–Crippen MR) is 129 cm³/mol. The molecule has 3 atom stereocenters. The number of benzene rings is 2. The minimum absolute atomic E-state index is 0.167. The standard InChI is InChI=1S/C25H24N6O4/c1-13(33)30(16-6-7-18-15(9-16)8-14-4-2-3-5-17(14)18)25-29-22-23(26)27-12-28-24(22)31(25)21-10-19(34)20(11-32)35-21/h2-7,9,12,19-21,32,34H,8,10-11H2,1H3,(H2,26,27,28)/t19-,20+,21+/m0/s1. The Labute approximate surface area is 200 Å². The number of nitrogens with zero attached hydrogens (tertiary/aromatic N) is 5. The topological polar surface area (TPSA) is 140 Å². The van der Waals surface area contributed by atoms with Crippen LogP contribution in [0.5, 0.6) is 0 Å². The van der Waals surface area contributed by atoms with Crippen molar-refractivity contribution in [3.8, 4) is 11.1 Å². The number of nitrogen functional groups attached to an aromatic ring is 1. The lowest BCUT2D eigenvalue weighted by atomic mass is 10.1. The normalized spacial score (nSPS) is 20.7. The second kappa shape index (κ2) is 8.12. The molecular formula is C25H24N6O4. The molecule has 0 unspecified atom stereocenters. The highest BCUT2D eigenvalue weighted by Gasteiger charge is 2.38. The summed E-state index contributed by atoms with van der Waals surface area (Å²) in [5.74, 6) is 0.159. The van der Waals surface area contributed by atoms with Gasteiger partial charge in [-0.3, -0.25) is 14.3 Å². The molecule has 2 aliphatic rings. The van der Waals surface area contributed by atoms with Crippen LogP contribution in [-0.4, -0.2) is 54.5 Å². The molecule has 35 heavy (non-hydrogen) atoms. The Balaban J connectivity index is 1.50. The molecule has 1 aliphatic carbocycles. The highest BCUT2D eigenvalue weighted by Crippen LogP contribution is 2.41. The van der Waals surface area contributed by atoms with Crippen molar-refractivity contribution in [1.29, 1.82) is 0 Å². The number of anilines is 3. The molecule has 0 radical (unpaired) electrons. The van der Waals surface area contributed by atoms with Crippen molar-refractivity contribution in [3.05, 3.63) is 59.9 Å². The molecule has 1 aliphatic heterocycles. The van der Waals surface area contributed by atoms with Gasteiger partial charge in [-0.25, -0.2) is 15.0 Å². The molecule has 2 aromatic carbocycles. The van der Waals surface area contributed by atoms with Gasteiger partial charge in [0, 0.05) is 13.3 Å². The van der Waals surface area contributed by atoms with Crippen LogP contribution in [0.1, 0.15) is 30.7 Å². The molecule has 2 aromatic heterocycles. The van der Waals surface area contributed by atoms with Gasteiger partial charge in [0.1, 0.15) is 18.7 Å². The number of carbonyl (C=O) groups is 1. The van der Waals surface area contributed by atoms with E-state index in [1.165, 1.54) is 29.3 Å². The van der Waals surface area contributed by atoms with Crippen LogP contribution in [0.15, 0.2) is 48.8 Å². The third-order valence-corrected chi connectivity index (χ3v) is 6.71. The van der Waals surface area contributed by atoms with E-state index in [0.717, 1.165) is 17.5 Å². The number of hydrogen-bond acceptors (Lipinski definition) is 8. The summed E-state index contributed by atoms with van der Waals surface area (Å²) in [6.07, 6.45) is -0.0572. The number of aromatic nitrogens is 4. The fourth-order valence-corrected chi connectivity index (χ4v) is 5.08. The highest BCUT2D eigenvalue weighted by molar-refractivity contribution is 6.00. The summed E-state index contributed by atoms with van der Waals surface area (Å²) in [4.78, 5) is 27.6. The lowest BCUT2D eigenvalue weighted by Gasteiger charge is -2.24. The number of nitrogens with two attached hydrogens (primary N) is 1. The van der Waals surface area contributed by atoms with Crippen LogP contribution in [0.4, 0.5) is 17.5 Å². The Morgan fingerprint density at radius 2 is 2.00 bits per heavy atom. The molecule has 10 heteroatoms. The van der Waals surface area contributed by atoms with Crippen LogP contribution < -0.4 is 10.6 Å². The van der Waals surface area contributed by atoms with E-state index in [0.29, 0.717) is 16.9 Å². The van der Waals surface area contributed by atoms with Gasteiger partial charge in [-0.2, -0.15) is 0 Å². The maximum Gasteiger partial charge on any atom is 0.230 e. The van der Waals surface area contributed by atoms with Crippen LogP contribution in [0.2, 0.25) is 0 Å². The van der Waals surface area contributed by atoms with Gasteiger partial charge in [0.2, 0.25) is 11.9 Å². The molecule has 0 saturated carbocycles. The number of ether oxygens (including phenoxy) is 1. The first-order valence-corrected chi connectivity index (χ1v) is 11.4. The van der Waals surface area contributed by atoms with E-state index in [2.05, 4.69) is 27.1 Å². The number of carbonyl (C=O) groups excluding carboxylic acids is 1. The molecule has 4 N–H and O–H groups in total. The monoisotopic (exact) mass is 472 g/mol. The first-order valence-electron chi connectivity index (χ1n) is 11.4. The van der Waals surface area contributed by atoms with Crippen molar-refractivity contribution in [3.63, 3.8) is 0 Å². The van der Waals surface area contributed by atoms with Gasteiger partial charge in [-0.1, -0.05) is 30.3 Å². The summed E-state index contributed by atoms with van der Waals surface area (Å²) < 4.78 is 7.57. The minimum atomic E-state index is -0.876. The molecule has 0 bridgehead atoms. The number of aliphatic hydroxyl groups is 2. The molecule has 6 rings (SSSR count). The Hall–Kier alpha value is -3.86. The van der Waals surface area contributed by atoms with Crippen LogP contribution >= 0.6 is 0 Å². The third kappa shape index (κ3) is 3.37. The van der Waals surface area contributed by atoms with E-state index in [9.17, 15) is 15.0 Å². The molecule has 1 fully saturated rings. The molecule has 0 spiro atoms. The van der Waals surface area contributed by atoms with Gasteiger partial charge < -0.3 is 20.7 Å². The number of hydrogen-bond donors (Lipinski definition) is 3. The second-order valence-corrected chi connectivity index (χ2v) is 8.86. The molecule has 3 heterocycles. The van der Waals surface area contributed by atoms with Crippen molar-refractivity contribution >= 4 is 34.5 Å². The first-order chi connectivity index (χ1) is 17.0. The van der Waals surface area contributed by atoms with Crippen molar-refractivity contribution in [2.24, 2.45) is 0 Å². The van der Waals surface area contributed by atoms with Crippen LogP contribution in [0.3, 0.4) is 0 Å². The maximum absolute atomic E-state index is 13.1. The summed E-state index contributed by atoms with van der Waals surface area (Å²) >= 11 is 0. The third-order valence-electron chi connectivity index (χ3n) is 6.71. The van der Waals surface area contributed by atoms with Gasteiger partial charge >= 0.3 is 0 Å². The molecular weight excluding hydrogens is 448 g/mol. The zero-order valence-electron chi connectivity index (χ0n) is 19.0.